The minimum Gasteiger partial charge on any atom is -0.478 e. The van der Waals surface area contributed by atoms with Crippen LogP contribution in [0.2, 0.25) is 5.02 Å². The molecule has 1 aliphatic heterocycles. The fourth-order valence-corrected chi connectivity index (χ4v) is 3.72. The second kappa shape index (κ2) is 6.40. The highest BCUT2D eigenvalue weighted by molar-refractivity contribution is 7.85. The van der Waals surface area contributed by atoms with E-state index in [1.807, 2.05) is 0 Å². The first kappa shape index (κ1) is 15.7. The second-order valence-corrected chi connectivity index (χ2v) is 6.78. The van der Waals surface area contributed by atoms with Crippen LogP contribution in [0, 0.1) is 10.1 Å². The number of halogens is 1. The van der Waals surface area contributed by atoms with E-state index >= 15 is 0 Å². The average Bonchev–Trinajstić information content (AvgIpc) is 2.42. The number of hydrogen-bond donors (Lipinski definition) is 2. The van der Waals surface area contributed by atoms with Gasteiger partial charge in [-0.05, 0) is 12.8 Å². The van der Waals surface area contributed by atoms with Gasteiger partial charge < -0.3 is 10.4 Å². The summed E-state index contributed by atoms with van der Waals surface area (Å²) in [7, 11) is -0.827. The highest BCUT2D eigenvalue weighted by Gasteiger charge is 2.24. The first-order chi connectivity index (χ1) is 9.88. The Kier molecular flexibility index (Phi) is 4.79. The van der Waals surface area contributed by atoms with Gasteiger partial charge in [-0.1, -0.05) is 11.6 Å². The maximum Gasteiger partial charge on any atom is 0.338 e. The highest BCUT2D eigenvalue weighted by atomic mass is 35.5. The van der Waals surface area contributed by atoms with E-state index in [1.54, 1.807) is 0 Å². The van der Waals surface area contributed by atoms with Crippen molar-refractivity contribution in [2.75, 3.05) is 16.8 Å². The molecule has 1 aliphatic rings. The van der Waals surface area contributed by atoms with Crippen molar-refractivity contribution in [2.45, 2.75) is 18.9 Å². The number of nitro benzene ring substituents is 1. The van der Waals surface area contributed by atoms with Crippen molar-refractivity contribution in [3.63, 3.8) is 0 Å². The largest absolute Gasteiger partial charge is 0.478 e. The van der Waals surface area contributed by atoms with E-state index in [2.05, 4.69) is 5.32 Å². The average molecular weight is 333 g/mol. The van der Waals surface area contributed by atoms with Crippen LogP contribution < -0.4 is 5.32 Å². The first-order valence-electron chi connectivity index (χ1n) is 6.21. The van der Waals surface area contributed by atoms with Gasteiger partial charge in [0.25, 0.3) is 5.69 Å². The van der Waals surface area contributed by atoms with Crippen LogP contribution in [0.1, 0.15) is 23.2 Å². The number of benzene rings is 1. The maximum absolute atomic E-state index is 11.3. The molecular weight excluding hydrogens is 320 g/mol. The molecule has 0 radical (unpaired) electrons. The van der Waals surface area contributed by atoms with Crippen LogP contribution in [0.25, 0.3) is 0 Å². The van der Waals surface area contributed by atoms with Crippen LogP contribution in [0.4, 0.5) is 11.4 Å². The minimum atomic E-state index is -1.29. The van der Waals surface area contributed by atoms with Gasteiger partial charge in [0.1, 0.15) is 0 Å². The molecule has 0 bridgehead atoms. The van der Waals surface area contributed by atoms with E-state index in [1.165, 1.54) is 0 Å². The molecule has 0 amide bonds. The van der Waals surface area contributed by atoms with Gasteiger partial charge >= 0.3 is 5.97 Å². The van der Waals surface area contributed by atoms with Crippen molar-refractivity contribution in [1.82, 2.24) is 0 Å². The number of carboxylic acids is 1. The Labute approximate surface area is 127 Å². The molecule has 0 atom stereocenters. The predicted octanol–water partition coefficient (Wildman–Crippen LogP) is 2.27. The van der Waals surface area contributed by atoms with Gasteiger partial charge in [0, 0.05) is 40.5 Å². The Morgan fingerprint density at radius 2 is 2.05 bits per heavy atom. The normalized spacial score (nSPS) is 21.8. The lowest BCUT2D eigenvalue weighted by Gasteiger charge is -2.24. The zero-order chi connectivity index (χ0) is 15.6. The molecule has 7 nitrogen and oxygen atoms in total. The SMILES string of the molecule is O=C(O)c1cc([N+](=O)[O-])cc(Cl)c1NC1CCS(=O)CC1. The van der Waals surface area contributed by atoms with Crippen molar-refractivity contribution in [1.29, 1.82) is 0 Å². The number of carbonyl (C=O) groups is 1. The van der Waals surface area contributed by atoms with Crippen LogP contribution in [0.5, 0.6) is 0 Å². The molecule has 1 fully saturated rings. The van der Waals surface area contributed by atoms with Gasteiger partial charge in [-0.3, -0.25) is 14.3 Å². The van der Waals surface area contributed by atoms with Crippen LogP contribution in [0.3, 0.4) is 0 Å². The quantitative estimate of drug-likeness (QED) is 0.646. The van der Waals surface area contributed by atoms with Crippen LogP contribution >= 0.6 is 11.6 Å². The number of aromatic carboxylic acids is 1. The maximum atomic E-state index is 11.3. The van der Waals surface area contributed by atoms with Crippen molar-refractivity contribution >= 4 is 39.7 Å². The summed E-state index contributed by atoms with van der Waals surface area (Å²) in [4.78, 5) is 21.3. The standard InChI is InChI=1S/C12H13ClN2O5S/c13-10-6-8(15(18)19)5-9(12(16)17)11(10)14-7-1-3-21(20)4-2-7/h5-7,14H,1-4H2,(H,16,17). The number of nitro groups is 1. The summed E-state index contributed by atoms with van der Waals surface area (Å²) in [5.74, 6) is -0.197. The van der Waals surface area contributed by atoms with Gasteiger partial charge in [-0.15, -0.1) is 0 Å². The lowest BCUT2D eigenvalue weighted by molar-refractivity contribution is -0.384. The van der Waals surface area contributed by atoms with Gasteiger partial charge in [0.2, 0.25) is 0 Å². The van der Waals surface area contributed by atoms with E-state index in [0.29, 0.717) is 24.3 Å². The van der Waals surface area contributed by atoms with E-state index in [4.69, 9.17) is 11.6 Å². The zero-order valence-corrected chi connectivity index (χ0v) is 12.4. The number of non-ortho nitro benzene ring substituents is 1. The predicted molar refractivity (Wildman–Crippen MR) is 79.6 cm³/mol. The van der Waals surface area contributed by atoms with E-state index in [-0.39, 0.29) is 28.0 Å². The molecule has 21 heavy (non-hydrogen) atoms. The van der Waals surface area contributed by atoms with E-state index in [0.717, 1.165) is 12.1 Å². The Morgan fingerprint density at radius 3 is 2.57 bits per heavy atom. The molecule has 0 unspecified atom stereocenters. The molecule has 1 saturated heterocycles. The van der Waals surface area contributed by atoms with Crippen molar-refractivity contribution in [2.24, 2.45) is 0 Å². The van der Waals surface area contributed by atoms with Crippen molar-refractivity contribution < 1.29 is 19.0 Å². The molecule has 1 heterocycles. The Morgan fingerprint density at radius 1 is 1.43 bits per heavy atom. The molecule has 2 rings (SSSR count). The fourth-order valence-electron chi connectivity index (χ4n) is 2.16. The number of nitrogens with zero attached hydrogens (tertiary/aromatic N) is 1. The zero-order valence-electron chi connectivity index (χ0n) is 10.9. The Balaban J connectivity index is 2.31. The number of rotatable bonds is 4. The fraction of sp³-hybridized carbons (Fsp3) is 0.417. The number of carboxylic acid groups (broad SMARTS) is 1. The van der Waals surface area contributed by atoms with Gasteiger partial charge in [0.15, 0.2) is 0 Å². The van der Waals surface area contributed by atoms with Crippen LogP contribution in [-0.4, -0.2) is 37.8 Å². The number of hydrogen-bond acceptors (Lipinski definition) is 5. The first-order valence-corrected chi connectivity index (χ1v) is 8.08. The summed E-state index contributed by atoms with van der Waals surface area (Å²) >= 11 is 5.98. The smallest absolute Gasteiger partial charge is 0.338 e. The summed E-state index contributed by atoms with van der Waals surface area (Å²) < 4.78 is 11.3. The molecule has 0 spiro atoms. The van der Waals surface area contributed by atoms with Crippen molar-refractivity contribution in [3.8, 4) is 0 Å². The third-order valence-corrected chi connectivity index (χ3v) is 4.93. The van der Waals surface area contributed by atoms with Crippen LogP contribution in [0.15, 0.2) is 12.1 Å². The molecule has 1 aromatic rings. The third-order valence-electron chi connectivity index (χ3n) is 3.25. The Hall–Kier alpha value is -1.67. The Bertz CT molecular complexity index is 612. The molecule has 0 saturated carbocycles. The summed E-state index contributed by atoms with van der Waals surface area (Å²) in [6, 6.07) is 2.06. The molecule has 0 aliphatic carbocycles. The molecule has 2 N–H and O–H groups in total. The molecular formula is C12H13ClN2O5S. The topological polar surface area (TPSA) is 110 Å². The summed E-state index contributed by atoms with van der Waals surface area (Å²) in [6.07, 6.45) is 1.28. The molecule has 0 aromatic heterocycles. The molecule has 9 heteroatoms. The second-order valence-electron chi connectivity index (χ2n) is 4.68. The van der Waals surface area contributed by atoms with E-state index < -0.39 is 21.7 Å². The van der Waals surface area contributed by atoms with Gasteiger partial charge in [0.05, 0.1) is 21.2 Å². The molecule has 1 aromatic carbocycles. The number of nitrogens with one attached hydrogen (secondary N) is 1. The lowest BCUT2D eigenvalue weighted by atomic mass is 10.1. The van der Waals surface area contributed by atoms with Crippen molar-refractivity contribution in [3.05, 3.63) is 32.8 Å². The van der Waals surface area contributed by atoms with Gasteiger partial charge in [-0.25, -0.2) is 4.79 Å². The van der Waals surface area contributed by atoms with Gasteiger partial charge in [-0.2, -0.15) is 0 Å². The van der Waals surface area contributed by atoms with Crippen LogP contribution in [-0.2, 0) is 10.8 Å². The third kappa shape index (κ3) is 3.70. The summed E-state index contributed by atoms with van der Waals surface area (Å²) in [6.45, 7) is 0. The van der Waals surface area contributed by atoms with E-state index in [9.17, 15) is 24.2 Å². The number of anilines is 1. The lowest BCUT2D eigenvalue weighted by Crippen LogP contribution is -2.30. The monoisotopic (exact) mass is 332 g/mol. The molecule has 114 valence electrons. The summed E-state index contributed by atoms with van der Waals surface area (Å²) in [5, 5.41) is 23.0. The minimum absolute atomic E-state index is 0.00621. The summed E-state index contributed by atoms with van der Waals surface area (Å²) in [5.41, 5.74) is -0.430. The highest BCUT2D eigenvalue weighted by Crippen LogP contribution is 2.33.